The molecule has 1 fully saturated rings. The van der Waals surface area contributed by atoms with Crippen molar-refractivity contribution in [2.75, 3.05) is 32.9 Å². The lowest BCUT2D eigenvalue weighted by Crippen LogP contribution is -2.47. The Morgan fingerprint density at radius 1 is 1.53 bits per heavy atom. The summed E-state index contributed by atoms with van der Waals surface area (Å²) in [5.41, 5.74) is 5.42. The van der Waals surface area contributed by atoms with Crippen molar-refractivity contribution in [3.8, 4) is 0 Å². The van der Waals surface area contributed by atoms with Gasteiger partial charge in [0.2, 0.25) is 0 Å². The molecule has 0 aromatic rings. The van der Waals surface area contributed by atoms with Crippen molar-refractivity contribution >= 4 is 17.2 Å². The van der Waals surface area contributed by atoms with Crippen LogP contribution in [0.15, 0.2) is 0 Å². The molecule has 15 heavy (non-hydrogen) atoms. The van der Waals surface area contributed by atoms with Crippen molar-refractivity contribution in [3.63, 3.8) is 0 Å². The lowest BCUT2D eigenvalue weighted by molar-refractivity contribution is -0.0277. The van der Waals surface area contributed by atoms with E-state index in [4.69, 9.17) is 27.8 Å². The molecule has 88 valence electrons. The molecule has 0 saturated carbocycles. The third-order valence-electron chi connectivity index (χ3n) is 2.68. The Labute approximate surface area is 96.4 Å². The van der Waals surface area contributed by atoms with E-state index in [2.05, 4.69) is 4.90 Å². The van der Waals surface area contributed by atoms with Gasteiger partial charge in [0.1, 0.15) is 0 Å². The van der Waals surface area contributed by atoms with Gasteiger partial charge in [-0.3, -0.25) is 4.90 Å². The van der Waals surface area contributed by atoms with Gasteiger partial charge in [0.15, 0.2) is 0 Å². The number of hydrogen-bond donors (Lipinski definition) is 2. The summed E-state index contributed by atoms with van der Waals surface area (Å²) in [6.45, 7) is 3.50. The van der Waals surface area contributed by atoms with Crippen LogP contribution in [0, 0.1) is 0 Å². The zero-order valence-electron chi connectivity index (χ0n) is 9.02. The Morgan fingerprint density at radius 3 is 3.00 bits per heavy atom. The van der Waals surface area contributed by atoms with Gasteiger partial charge in [-0.05, 0) is 25.8 Å². The maximum absolute atomic E-state index is 9.14. The Morgan fingerprint density at radius 2 is 2.33 bits per heavy atom. The zero-order valence-corrected chi connectivity index (χ0v) is 9.84. The van der Waals surface area contributed by atoms with E-state index in [1.54, 1.807) is 0 Å². The van der Waals surface area contributed by atoms with Crippen LogP contribution in [0.25, 0.3) is 0 Å². The molecule has 1 atom stereocenters. The standard InChI is InChI=1S/C10H20N2O2S/c11-10(15)3-1-2-4-12-5-6-14-8-9(12)7-13/h9,13H,1-8H2,(H2,11,15). The molecule has 5 heteroatoms. The van der Waals surface area contributed by atoms with E-state index in [1.807, 2.05) is 0 Å². The minimum absolute atomic E-state index is 0.170. The third kappa shape index (κ3) is 4.88. The van der Waals surface area contributed by atoms with Crippen molar-refractivity contribution in [2.24, 2.45) is 5.73 Å². The fourth-order valence-corrected chi connectivity index (χ4v) is 1.91. The molecule has 1 aliphatic rings. The topological polar surface area (TPSA) is 58.7 Å². The second kappa shape index (κ2) is 7.11. The van der Waals surface area contributed by atoms with Gasteiger partial charge < -0.3 is 15.6 Å². The summed E-state index contributed by atoms with van der Waals surface area (Å²) in [5, 5.41) is 9.14. The minimum atomic E-state index is 0.170. The fraction of sp³-hybridized carbons (Fsp3) is 0.900. The number of morpholine rings is 1. The molecule has 1 aliphatic heterocycles. The average Bonchev–Trinajstić information content (AvgIpc) is 2.24. The molecule has 0 aromatic heterocycles. The fourth-order valence-electron chi connectivity index (χ4n) is 1.77. The van der Waals surface area contributed by atoms with Gasteiger partial charge in [0, 0.05) is 6.54 Å². The van der Waals surface area contributed by atoms with Crippen LogP contribution in [0.5, 0.6) is 0 Å². The van der Waals surface area contributed by atoms with Crippen molar-refractivity contribution in [1.82, 2.24) is 4.90 Å². The number of unbranched alkanes of at least 4 members (excludes halogenated alkanes) is 1. The molecule has 0 aliphatic carbocycles. The molecule has 0 spiro atoms. The van der Waals surface area contributed by atoms with Crippen LogP contribution in [-0.4, -0.2) is 53.9 Å². The van der Waals surface area contributed by atoms with Gasteiger partial charge in [0.05, 0.1) is 30.9 Å². The summed E-state index contributed by atoms with van der Waals surface area (Å²) in [6.07, 6.45) is 2.93. The van der Waals surface area contributed by atoms with E-state index in [0.717, 1.165) is 39.0 Å². The first-order valence-electron chi connectivity index (χ1n) is 5.45. The van der Waals surface area contributed by atoms with Crippen LogP contribution in [-0.2, 0) is 4.74 Å². The Hall–Kier alpha value is -0.230. The quantitative estimate of drug-likeness (QED) is 0.504. The van der Waals surface area contributed by atoms with E-state index in [9.17, 15) is 0 Å². The first-order valence-corrected chi connectivity index (χ1v) is 5.86. The molecule has 0 bridgehead atoms. The monoisotopic (exact) mass is 232 g/mol. The highest BCUT2D eigenvalue weighted by molar-refractivity contribution is 7.80. The van der Waals surface area contributed by atoms with Crippen LogP contribution >= 0.6 is 12.2 Å². The second-order valence-electron chi connectivity index (χ2n) is 3.87. The molecular weight excluding hydrogens is 212 g/mol. The SMILES string of the molecule is NC(=S)CCCCN1CCOCC1CO. The maximum atomic E-state index is 9.14. The van der Waals surface area contributed by atoms with E-state index in [-0.39, 0.29) is 12.6 Å². The molecule has 0 amide bonds. The summed E-state index contributed by atoms with van der Waals surface area (Å²) >= 11 is 4.82. The highest BCUT2D eigenvalue weighted by Gasteiger charge is 2.21. The number of aliphatic hydroxyl groups excluding tert-OH is 1. The summed E-state index contributed by atoms with van der Waals surface area (Å²) < 4.78 is 5.31. The number of aliphatic hydroxyl groups is 1. The summed E-state index contributed by atoms with van der Waals surface area (Å²) in [6, 6.07) is 0.170. The van der Waals surface area contributed by atoms with E-state index < -0.39 is 0 Å². The summed E-state index contributed by atoms with van der Waals surface area (Å²) in [5.74, 6) is 0. The van der Waals surface area contributed by atoms with Crippen LogP contribution in [0.1, 0.15) is 19.3 Å². The largest absolute Gasteiger partial charge is 0.395 e. The lowest BCUT2D eigenvalue weighted by atomic mass is 10.2. The summed E-state index contributed by atoms with van der Waals surface area (Å²) in [4.78, 5) is 2.87. The number of ether oxygens (including phenoxy) is 1. The van der Waals surface area contributed by atoms with Gasteiger partial charge >= 0.3 is 0 Å². The van der Waals surface area contributed by atoms with Gasteiger partial charge in [0.25, 0.3) is 0 Å². The van der Waals surface area contributed by atoms with Crippen LogP contribution in [0.4, 0.5) is 0 Å². The predicted molar refractivity (Wildman–Crippen MR) is 63.9 cm³/mol. The lowest BCUT2D eigenvalue weighted by Gasteiger charge is -2.34. The molecular formula is C10H20N2O2S. The van der Waals surface area contributed by atoms with E-state index in [1.165, 1.54) is 0 Å². The third-order valence-corrected chi connectivity index (χ3v) is 2.88. The highest BCUT2D eigenvalue weighted by Crippen LogP contribution is 2.08. The molecule has 0 aromatic carbocycles. The molecule has 0 radical (unpaired) electrons. The van der Waals surface area contributed by atoms with Crippen molar-refractivity contribution in [2.45, 2.75) is 25.3 Å². The number of nitrogens with two attached hydrogens (primary N) is 1. The molecule has 1 rings (SSSR count). The predicted octanol–water partition coefficient (Wildman–Crippen LogP) is 0.136. The van der Waals surface area contributed by atoms with Crippen molar-refractivity contribution in [3.05, 3.63) is 0 Å². The Kier molecular flexibility index (Phi) is 6.09. The Bertz CT molecular complexity index is 202. The van der Waals surface area contributed by atoms with E-state index in [0.29, 0.717) is 11.6 Å². The number of rotatable bonds is 6. The van der Waals surface area contributed by atoms with Crippen LogP contribution < -0.4 is 5.73 Å². The van der Waals surface area contributed by atoms with Gasteiger partial charge in [-0.25, -0.2) is 0 Å². The maximum Gasteiger partial charge on any atom is 0.0727 e. The molecule has 1 unspecified atom stereocenters. The zero-order chi connectivity index (χ0) is 11.1. The Balaban J connectivity index is 2.15. The first kappa shape index (κ1) is 12.8. The molecule has 1 heterocycles. The minimum Gasteiger partial charge on any atom is -0.395 e. The smallest absolute Gasteiger partial charge is 0.0727 e. The molecule has 3 N–H and O–H groups in total. The second-order valence-corrected chi connectivity index (χ2v) is 4.40. The van der Waals surface area contributed by atoms with Gasteiger partial charge in [-0.1, -0.05) is 12.2 Å². The van der Waals surface area contributed by atoms with Crippen LogP contribution in [0.2, 0.25) is 0 Å². The van der Waals surface area contributed by atoms with Gasteiger partial charge in [-0.2, -0.15) is 0 Å². The van der Waals surface area contributed by atoms with Gasteiger partial charge in [-0.15, -0.1) is 0 Å². The number of thiocarbonyl (C=S) groups is 1. The first-order chi connectivity index (χ1) is 7.24. The van der Waals surface area contributed by atoms with Crippen LogP contribution in [0.3, 0.4) is 0 Å². The molecule has 1 saturated heterocycles. The average molecular weight is 232 g/mol. The number of hydrogen-bond acceptors (Lipinski definition) is 4. The normalized spacial score (nSPS) is 22.9. The number of nitrogens with zero attached hydrogens (tertiary/aromatic N) is 1. The van der Waals surface area contributed by atoms with Crippen molar-refractivity contribution in [1.29, 1.82) is 0 Å². The van der Waals surface area contributed by atoms with Crippen molar-refractivity contribution < 1.29 is 9.84 Å². The molecule has 4 nitrogen and oxygen atoms in total. The summed E-state index contributed by atoms with van der Waals surface area (Å²) in [7, 11) is 0. The van der Waals surface area contributed by atoms with E-state index >= 15 is 0 Å². The highest BCUT2D eigenvalue weighted by atomic mass is 32.1.